The summed E-state index contributed by atoms with van der Waals surface area (Å²) in [4.78, 5) is 20.9. The van der Waals surface area contributed by atoms with Gasteiger partial charge >= 0.3 is 11.9 Å². The fourth-order valence-electron chi connectivity index (χ4n) is 1.15. The molecule has 0 aromatic carbocycles. The lowest BCUT2D eigenvalue weighted by Gasteiger charge is -2.31. The number of aliphatic carboxylic acids is 1. The molecule has 0 aromatic heterocycles. The molecule has 0 saturated heterocycles. The lowest BCUT2D eigenvalue weighted by atomic mass is 9.82. The second-order valence-electron chi connectivity index (χ2n) is 3.30. The molecule has 0 aliphatic heterocycles. The summed E-state index contributed by atoms with van der Waals surface area (Å²) < 4.78 is 39.4. The summed E-state index contributed by atoms with van der Waals surface area (Å²) in [5.41, 5.74) is -3.65. The van der Waals surface area contributed by atoms with Gasteiger partial charge in [0, 0.05) is 5.92 Å². The highest BCUT2D eigenvalue weighted by Gasteiger charge is 2.65. The van der Waals surface area contributed by atoms with Crippen LogP contribution in [-0.2, 0) is 9.59 Å². The van der Waals surface area contributed by atoms with E-state index in [0.717, 1.165) is 13.8 Å². The number of rotatable bonds is 4. The first kappa shape index (κ1) is 12.9. The second-order valence-corrected chi connectivity index (χ2v) is 3.30. The van der Waals surface area contributed by atoms with Crippen molar-refractivity contribution in [1.82, 2.24) is 0 Å². The number of hydrogen-bond donors (Lipinski definition) is 1. The fourth-order valence-corrected chi connectivity index (χ4v) is 1.15. The average molecular weight is 212 g/mol. The van der Waals surface area contributed by atoms with Crippen LogP contribution in [0.25, 0.3) is 0 Å². The maximum Gasteiger partial charge on any atom is 0.383 e. The van der Waals surface area contributed by atoms with E-state index in [-0.39, 0.29) is 0 Å². The molecule has 82 valence electrons. The molecule has 0 aromatic rings. The minimum Gasteiger partial charge on any atom is -0.477 e. The molecule has 6 heteroatoms. The average Bonchev–Trinajstić information content (AvgIpc) is 2.01. The van der Waals surface area contributed by atoms with Crippen molar-refractivity contribution in [2.45, 2.75) is 32.4 Å². The van der Waals surface area contributed by atoms with Gasteiger partial charge in [-0.25, -0.2) is 9.18 Å². The molecule has 3 nitrogen and oxygen atoms in total. The first-order valence-corrected chi connectivity index (χ1v) is 3.89. The van der Waals surface area contributed by atoms with Gasteiger partial charge in [-0.3, -0.25) is 4.79 Å². The van der Waals surface area contributed by atoms with Crippen molar-refractivity contribution in [2.75, 3.05) is 0 Å². The van der Waals surface area contributed by atoms with Gasteiger partial charge in [-0.15, -0.1) is 0 Å². The van der Waals surface area contributed by atoms with Crippen LogP contribution >= 0.6 is 0 Å². The van der Waals surface area contributed by atoms with E-state index in [9.17, 15) is 22.8 Å². The van der Waals surface area contributed by atoms with E-state index in [0.29, 0.717) is 6.92 Å². The number of carbonyl (C=O) groups is 2. The lowest BCUT2D eigenvalue weighted by molar-refractivity contribution is -0.200. The Morgan fingerprint density at radius 3 is 1.64 bits per heavy atom. The molecule has 14 heavy (non-hydrogen) atoms. The summed E-state index contributed by atoms with van der Waals surface area (Å²) in [5.74, 6) is -10.2. The SMILES string of the molecule is CC(=O)C(F)(C(C)C)C(F)(F)C(=O)O. The number of carbonyl (C=O) groups excluding carboxylic acids is 1. The molecule has 0 saturated carbocycles. The number of ketones is 1. The van der Waals surface area contributed by atoms with Crippen LogP contribution in [0.1, 0.15) is 20.8 Å². The van der Waals surface area contributed by atoms with Gasteiger partial charge in [-0.2, -0.15) is 8.78 Å². The molecular formula is C8H11F3O3. The number of Topliss-reactive ketones (excluding diaryl/α,β-unsaturated/α-hetero) is 1. The zero-order valence-electron chi connectivity index (χ0n) is 7.97. The number of alkyl halides is 3. The third-order valence-corrected chi connectivity index (χ3v) is 2.03. The van der Waals surface area contributed by atoms with Gasteiger partial charge in [0.05, 0.1) is 0 Å². The van der Waals surface area contributed by atoms with Crippen molar-refractivity contribution in [3.63, 3.8) is 0 Å². The third kappa shape index (κ3) is 1.60. The van der Waals surface area contributed by atoms with Gasteiger partial charge < -0.3 is 5.11 Å². The van der Waals surface area contributed by atoms with E-state index in [2.05, 4.69) is 0 Å². The van der Waals surface area contributed by atoms with E-state index in [1.54, 1.807) is 0 Å². The van der Waals surface area contributed by atoms with E-state index in [1.165, 1.54) is 0 Å². The Kier molecular flexibility index (Phi) is 3.31. The number of halogens is 3. The zero-order chi connectivity index (χ0) is 11.7. The highest BCUT2D eigenvalue weighted by Crippen LogP contribution is 2.39. The summed E-state index contributed by atoms with van der Waals surface area (Å²) in [7, 11) is 0. The second kappa shape index (κ2) is 3.59. The Labute approximate surface area is 78.9 Å². The molecule has 0 radical (unpaired) electrons. The molecule has 1 unspecified atom stereocenters. The predicted octanol–water partition coefficient (Wildman–Crippen LogP) is 1.66. The first-order chi connectivity index (χ1) is 6.08. The summed E-state index contributed by atoms with van der Waals surface area (Å²) >= 11 is 0. The summed E-state index contributed by atoms with van der Waals surface area (Å²) in [6.45, 7) is 2.66. The van der Waals surface area contributed by atoms with Crippen LogP contribution in [0, 0.1) is 5.92 Å². The smallest absolute Gasteiger partial charge is 0.383 e. The van der Waals surface area contributed by atoms with E-state index in [1.807, 2.05) is 0 Å². The maximum absolute atomic E-state index is 13.6. The molecule has 0 spiro atoms. The van der Waals surface area contributed by atoms with Crippen molar-refractivity contribution < 1.29 is 27.9 Å². The van der Waals surface area contributed by atoms with Crippen LogP contribution in [0.2, 0.25) is 0 Å². The summed E-state index contributed by atoms with van der Waals surface area (Å²) in [6.07, 6.45) is 0. The van der Waals surface area contributed by atoms with Gasteiger partial charge in [0.25, 0.3) is 0 Å². The van der Waals surface area contributed by atoms with E-state index in [4.69, 9.17) is 5.11 Å². The monoisotopic (exact) mass is 212 g/mol. The maximum atomic E-state index is 13.6. The Hall–Kier alpha value is -1.07. The van der Waals surface area contributed by atoms with Gasteiger partial charge in [0.2, 0.25) is 5.67 Å². The van der Waals surface area contributed by atoms with Crippen LogP contribution in [0.15, 0.2) is 0 Å². The third-order valence-electron chi connectivity index (χ3n) is 2.03. The normalized spacial score (nSPS) is 16.5. The zero-order valence-corrected chi connectivity index (χ0v) is 7.97. The Morgan fingerprint density at radius 2 is 1.57 bits per heavy atom. The molecule has 0 aliphatic rings. The van der Waals surface area contributed by atoms with Gasteiger partial charge in [-0.1, -0.05) is 13.8 Å². The molecule has 0 rings (SSSR count). The standard InChI is InChI=1S/C8H11F3O3/c1-4(2)7(9,5(3)12)8(10,11)6(13)14/h4H,1-3H3,(H,13,14). The van der Waals surface area contributed by atoms with Gasteiger partial charge in [0.1, 0.15) is 0 Å². The molecule has 0 amide bonds. The van der Waals surface area contributed by atoms with E-state index < -0.39 is 29.3 Å². The van der Waals surface area contributed by atoms with Crippen LogP contribution in [-0.4, -0.2) is 28.5 Å². The summed E-state index contributed by atoms with van der Waals surface area (Å²) in [5, 5.41) is 8.13. The molecule has 0 aliphatic carbocycles. The lowest BCUT2D eigenvalue weighted by Crippen LogP contribution is -2.57. The van der Waals surface area contributed by atoms with Crippen molar-refractivity contribution in [3.05, 3.63) is 0 Å². The highest BCUT2D eigenvalue weighted by atomic mass is 19.3. The topological polar surface area (TPSA) is 54.4 Å². The number of carboxylic acids is 1. The number of carboxylic acid groups (broad SMARTS) is 1. The fraction of sp³-hybridized carbons (Fsp3) is 0.750. The van der Waals surface area contributed by atoms with Crippen LogP contribution in [0.3, 0.4) is 0 Å². The number of hydrogen-bond acceptors (Lipinski definition) is 2. The van der Waals surface area contributed by atoms with Crippen LogP contribution in [0.5, 0.6) is 0 Å². The van der Waals surface area contributed by atoms with Gasteiger partial charge in [-0.05, 0) is 6.92 Å². The molecule has 0 bridgehead atoms. The van der Waals surface area contributed by atoms with Crippen molar-refractivity contribution in [1.29, 1.82) is 0 Å². The largest absolute Gasteiger partial charge is 0.477 e. The Morgan fingerprint density at radius 1 is 1.21 bits per heavy atom. The molecular weight excluding hydrogens is 201 g/mol. The highest BCUT2D eigenvalue weighted by molar-refractivity contribution is 5.93. The molecule has 1 N–H and O–H groups in total. The molecule has 1 atom stereocenters. The molecule has 0 fully saturated rings. The minimum atomic E-state index is -4.70. The van der Waals surface area contributed by atoms with Crippen LogP contribution in [0.4, 0.5) is 13.2 Å². The van der Waals surface area contributed by atoms with Crippen molar-refractivity contribution >= 4 is 11.8 Å². The first-order valence-electron chi connectivity index (χ1n) is 3.89. The van der Waals surface area contributed by atoms with Gasteiger partial charge in [0.15, 0.2) is 5.78 Å². The Balaban J connectivity index is 5.43. The minimum absolute atomic E-state index is 0.608. The van der Waals surface area contributed by atoms with Crippen molar-refractivity contribution in [2.24, 2.45) is 5.92 Å². The summed E-state index contributed by atoms with van der Waals surface area (Å²) in [6, 6.07) is 0. The predicted molar refractivity (Wildman–Crippen MR) is 41.9 cm³/mol. The van der Waals surface area contributed by atoms with Crippen molar-refractivity contribution in [3.8, 4) is 0 Å². The van der Waals surface area contributed by atoms with E-state index >= 15 is 0 Å². The molecule has 0 heterocycles. The quantitative estimate of drug-likeness (QED) is 0.770. The Bertz CT molecular complexity index is 263. The van der Waals surface area contributed by atoms with Crippen LogP contribution < -0.4 is 0 Å².